The molecule has 3 N–H and O–H groups in total. The van der Waals surface area contributed by atoms with Crippen LogP contribution in [-0.2, 0) is 6.42 Å². The van der Waals surface area contributed by atoms with E-state index in [9.17, 15) is 4.79 Å². The standard InChI is InChI=1S/C25H37N3OS2/c1-5-19(2)8-6-7-15-31-24-11-9-22(10-12-24)27-25(29)21-16-20(13-14-26)17-23(18-21)28(3)30-4/h9-12,16-19H,5-8,13-15,26H2,1-4H3,(H,27,29). The summed E-state index contributed by atoms with van der Waals surface area (Å²) in [5.41, 5.74) is 9.28. The van der Waals surface area contributed by atoms with Gasteiger partial charge in [0.15, 0.2) is 0 Å². The molecule has 0 bridgehead atoms. The maximum Gasteiger partial charge on any atom is 0.255 e. The second kappa shape index (κ2) is 13.7. The van der Waals surface area contributed by atoms with Crippen LogP contribution in [0.1, 0.15) is 55.5 Å². The van der Waals surface area contributed by atoms with Crippen molar-refractivity contribution in [2.45, 2.75) is 50.8 Å². The Bertz CT molecular complexity index is 811. The SMILES string of the molecule is CCC(C)CCCCSc1ccc(NC(=O)c2cc(CCN)cc(N(C)SC)c2)cc1. The summed E-state index contributed by atoms with van der Waals surface area (Å²) in [6.07, 6.45) is 7.91. The number of amides is 1. The number of nitrogens with zero attached hydrogens (tertiary/aromatic N) is 1. The third-order valence-corrected chi connectivity index (χ3v) is 7.34. The number of nitrogens with one attached hydrogen (secondary N) is 1. The van der Waals surface area contributed by atoms with Crippen LogP contribution in [-0.4, -0.2) is 31.5 Å². The molecule has 0 heterocycles. The van der Waals surface area contributed by atoms with Crippen molar-refractivity contribution < 1.29 is 4.79 Å². The highest BCUT2D eigenvalue weighted by Gasteiger charge is 2.11. The molecule has 1 atom stereocenters. The van der Waals surface area contributed by atoms with E-state index in [0.29, 0.717) is 12.1 Å². The van der Waals surface area contributed by atoms with Crippen LogP contribution in [0.5, 0.6) is 0 Å². The van der Waals surface area contributed by atoms with Crippen LogP contribution in [0.4, 0.5) is 11.4 Å². The van der Waals surface area contributed by atoms with Crippen molar-refractivity contribution in [2.24, 2.45) is 11.7 Å². The zero-order valence-corrected chi connectivity index (χ0v) is 21.0. The van der Waals surface area contributed by atoms with E-state index in [4.69, 9.17) is 5.73 Å². The maximum atomic E-state index is 12.9. The number of rotatable bonds is 13. The van der Waals surface area contributed by atoms with Gasteiger partial charge in [-0.2, -0.15) is 0 Å². The molecule has 0 saturated carbocycles. The van der Waals surface area contributed by atoms with Crippen molar-refractivity contribution in [3.8, 4) is 0 Å². The summed E-state index contributed by atoms with van der Waals surface area (Å²) in [4.78, 5) is 14.1. The van der Waals surface area contributed by atoms with Gasteiger partial charge in [0.1, 0.15) is 0 Å². The lowest BCUT2D eigenvalue weighted by atomic mass is 10.0. The highest BCUT2D eigenvalue weighted by atomic mass is 32.2. The minimum absolute atomic E-state index is 0.0972. The molecule has 0 spiro atoms. The summed E-state index contributed by atoms with van der Waals surface area (Å²) in [6.45, 7) is 5.15. The number of carbonyl (C=O) groups is 1. The van der Waals surface area contributed by atoms with Crippen LogP contribution in [0.25, 0.3) is 0 Å². The van der Waals surface area contributed by atoms with E-state index in [2.05, 4.69) is 37.4 Å². The van der Waals surface area contributed by atoms with E-state index in [-0.39, 0.29) is 5.91 Å². The summed E-state index contributed by atoms with van der Waals surface area (Å²) in [6, 6.07) is 14.1. The van der Waals surface area contributed by atoms with Gasteiger partial charge in [-0.1, -0.05) is 45.1 Å². The van der Waals surface area contributed by atoms with Crippen LogP contribution in [0.2, 0.25) is 0 Å². The minimum Gasteiger partial charge on any atom is -0.330 e. The molecule has 0 fully saturated rings. The van der Waals surface area contributed by atoms with Crippen LogP contribution < -0.4 is 15.4 Å². The van der Waals surface area contributed by atoms with Crippen LogP contribution in [0.15, 0.2) is 47.4 Å². The van der Waals surface area contributed by atoms with Crippen molar-refractivity contribution in [1.29, 1.82) is 0 Å². The van der Waals surface area contributed by atoms with Gasteiger partial charge in [0.2, 0.25) is 0 Å². The van der Waals surface area contributed by atoms with Gasteiger partial charge in [0.05, 0.1) is 0 Å². The fourth-order valence-corrected chi connectivity index (χ4v) is 4.46. The second-order valence-corrected chi connectivity index (χ2v) is 10.0. The average Bonchev–Trinajstić information content (AvgIpc) is 2.79. The molecule has 0 aliphatic heterocycles. The zero-order chi connectivity index (χ0) is 22.6. The average molecular weight is 460 g/mol. The van der Waals surface area contributed by atoms with Gasteiger partial charge >= 0.3 is 0 Å². The highest BCUT2D eigenvalue weighted by Crippen LogP contribution is 2.25. The van der Waals surface area contributed by atoms with E-state index >= 15 is 0 Å². The van der Waals surface area contributed by atoms with E-state index in [1.54, 1.807) is 11.9 Å². The van der Waals surface area contributed by atoms with Gasteiger partial charge in [0, 0.05) is 35.1 Å². The maximum absolute atomic E-state index is 12.9. The molecule has 0 aliphatic carbocycles. The van der Waals surface area contributed by atoms with Crippen molar-refractivity contribution >= 4 is 41.0 Å². The Morgan fingerprint density at radius 3 is 2.55 bits per heavy atom. The first kappa shape index (κ1) is 25.6. The normalized spacial score (nSPS) is 11.9. The molecule has 0 saturated heterocycles. The van der Waals surface area contributed by atoms with Gasteiger partial charge in [-0.3, -0.25) is 4.79 Å². The number of benzene rings is 2. The predicted molar refractivity (Wildman–Crippen MR) is 140 cm³/mol. The Labute approximate surface area is 196 Å². The summed E-state index contributed by atoms with van der Waals surface area (Å²) in [5.74, 6) is 1.88. The highest BCUT2D eigenvalue weighted by molar-refractivity contribution is 8.00. The van der Waals surface area contributed by atoms with Gasteiger partial charge < -0.3 is 15.4 Å². The number of nitrogens with two attached hydrogens (primary N) is 1. The molecule has 0 aromatic heterocycles. The third kappa shape index (κ3) is 8.79. The second-order valence-electron chi connectivity index (χ2n) is 7.94. The Hall–Kier alpha value is -1.63. The monoisotopic (exact) mass is 459 g/mol. The fraction of sp³-hybridized carbons (Fsp3) is 0.480. The molecule has 1 unspecified atom stereocenters. The van der Waals surface area contributed by atoms with Gasteiger partial charge in [0.25, 0.3) is 5.91 Å². The minimum atomic E-state index is -0.0972. The van der Waals surface area contributed by atoms with Crippen LogP contribution >= 0.6 is 23.7 Å². The molecule has 2 rings (SSSR count). The van der Waals surface area contributed by atoms with E-state index < -0.39 is 0 Å². The van der Waals surface area contributed by atoms with Gasteiger partial charge in [-0.05, 0) is 79.1 Å². The zero-order valence-electron chi connectivity index (χ0n) is 19.3. The largest absolute Gasteiger partial charge is 0.330 e. The smallest absolute Gasteiger partial charge is 0.255 e. The number of anilines is 2. The lowest BCUT2D eigenvalue weighted by molar-refractivity contribution is 0.102. The lowest BCUT2D eigenvalue weighted by Crippen LogP contribution is -2.15. The fourth-order valence-electron chi connectivity index (χ4n) is 3.23. The lowest BCUT2D eigenvalue weighted by Gasteiger charge is -2.18. The first-order chi connectivity index (χ1) is 15.0. The Balaban J connectivity index is 1.94. The summed E-state index contributed by atoms with van der Waals surface area (Å²) < 4.78 is 2.05. The summed E-state index contributed by atoms with van der Waals surface area (Å²) >= 11 is 3.50. The van der Waals surface area contributed by atoms with Crippen molar-refractivity contribution in [1.82, 2.24) is 0 Å². The first-order valence-electron chi connectivity index (χ1n) is 11.1. The summed E-state index contributed by atoms with van der Waals surface area (Å²) in [5, 5.41) is 3.03. The van der Waals surface area contributed by atoms with Crippen molar-refractivity contribution in [3.63, 3.8) is 0 Å². The molecule has 6 heteroatoms. The number of unbranched alkanes of at least 4 members (excludes halogenated alkanes) is 1. The van der Waals surface area contributed by atoms with Crippen LogP contribution in [0.3, 0.4) is 0 Å². The number of thioether (sulfide) groups is 1. The topological polar surface area (TPSA) is 58.4 Å². The molecule has 170 valence electrons. The van der Waals surface area contributed by atoms with Gasteiger partial charge in [-0.25, -0.2) is 0 Å². The first-order valence-corrected chi connectivity index (χ1v) is 13.3. The Kier molecular flexibility index (Phi) is 11.3. The number of carbonyl (C=O) groups excluding carboxylic acids is 1. The molecule has 2 aromatic rings. The number of hydrogen-bond acceptors (Lipinski definition) is 5. The van der Waals surface area contributed by atoms with E-state index in [0.717, 1.165) is 35.0 Å². The molecular weight excluding hydrogens is 422 g/mol. The third-order valence-electron chi connectivity index (χ3n) is 5.48. The van der Waals surface area contributed by atoms with E-state index in [1.165, 1.54) is 30.6 Å². The molecule has 0 radical (unpaired) electrons. The Morgan fingerprint density at radius 1 is 1.16 bits per heavy atom. The molecule has 2 aromatic carbocycles. The van der Waals surface area contributed by atoms with Gasteiger partial charge in [-0.15, -0.1) is 11.8 Å². The quantitative estimate of drug-likeness (QED) is 0.204. The summed E-state index contributed by atoms with van der Waals surface area (Å²) in [7, 11) is 1.99. The van der Waals surface area contributed by atoms with Crippen LogP contribution in [0, 0.1) is 5.92 Å². The molecule has 1 amide bonds. The van der Waals surface area contributed by atoms with Crippen molar-refractivity contribution in [2.75, 3.05) is 35.2 Å². The predicted octanol–water partition coefficient (Wildman–Crippen LogP) is 6.46. The molecule has 0 aliphatic rings. The Morgan fingerprint density at radius 2 is 1.90 bits per heavy atom. The van der Waals surface area contributed by atoms with E-state index in [1.807, 2.05) is 53.6 Å². The molecular formula is C25H37N3OS2. The number of hydrogen-bond donors (Lipinski definition) is 2. The molecule has 4 nitrogen and oxygen atoms in total. The van der Waals surface area contributed by atoms with Crippen molar-refractivity contribution in [3.05, 3.63) is 53.6 Å². The molecule has 31 heavy (non-hydrogen) atoms.